The quantitative estimate of drug-likeness (QED) is 0.302. The van der Waals surface area contributed by atoms with Crippen molar-refractivity contribution in [3.63, 3.8) is 0 Å². The molecule has 35 heavy (non-hydrogen) atoms. The number of dihydropyridines is 1. The number of nitrogens with two attached hydrogens (primary N) is 1. The molecule has 3 N–H and O–H groups in total. The molecule has 1 aromatic rings. The number of benzene rings is 1. The average molecular weight is 545 g/mol. The van der Waals surface area contributed by atoms with Crippen LogP contribution in [0.3, 0.4) is 0 Å². The second kappa shape index (κ2) is 13.1. The number of Topliss-reactive ketones (excluding diaryl/α,β-unsaturated/α-hetero) is 1. The number of nitrogens with zero attached hydrogens (tertiary/aromatic N) is 1. The SMILES string of the molecule is CCCC1CC(=O)C2=C(C1)NC(C)=C(C#N)C2c1cc(Br)c(OCCCCCCN)c(OCC)c1. The molecule has 0 spiro atoms. The van der Waals surface area contributed by atoms with Gasteiger partial charge in [-0.15, -0.1) is 0 Å². The Morgan fingerprint density at radius 3 is 2.63 bits per heavy atom. The maximum Gasteiger partial charge on any atom is 0.175 e. The van der Waals surface area contributed by atoms with Gasteiger partial charge in [0.05, 0.1) is 35.2 Å². The van der Waals surface area contributed by atoms with Crippen LogP contribution >= 0.6 is 15.9 Å². The third-order valence-corrected chi connectivity index (χ3v) is 7.33. The first-order valence-corrected chi connectivity index (χ1v) is 13.7. The van der Waals surface area contributed by atoms with Gasteiger partial charge in [-0.25, -0.2) is 0 Å². The van der Waals surface area contributed by atoms with Gasteiger partial charge < -0.3 is 20.5 Å². The van der Waals surface area contributed by atoms with Crippen LogP contribution in [0, 0.1) is 17.2 Å². The van der Waals surface area contributed by atoms with Crippen molar-refractivity contribution in [3.8, 4) is 17.6 Å². The van der Waals surface area contributed by atoms with Crippen molar-refractivity contribution in [2.75, 3.05) is 19.8 Å². The van der Waals surface area contributed by atoms with E-state index in [0.717, 1.165) is 78.5 Å². The van der Waals surface area contributed by atoms with E-state index in [0.29, 0.717) is 42.6 Å². The third-order valence-electron chi connectivity index (χ3n) is 6.74. The smallest absolute Gasteiger partial charge is 0.175 e. The summed E-state index contributed by atoms with van der Waals surface area (Å²) in [4.78, 5) is 13.4. The molecule has 190 valence electrons. The molecule has 1 aliphatic carbocycles. The lowest BCUT2D eigenvalue weighted by atomic mass is 9.72. The molecule has 2 aliphatic rings. The zero-order valence-electron chi connectivity index (χ0n) is 21.2. The van der Waals surface area contributed by atoms with Crippen LogP contribution in [0.4, 0.5) is 0 Å². The van der Waals surface area contributed by atoms with Crippen LogP contribution in [0.15, 0.2) is 39.1 Å². The molecule has 3 rings (SSSR count). The lowest BCUT2D eigenvalue weighted by Gasteiger charge is -2.35. The first kappa shape index (κ1) is 27.3. The van der Waals surface area contributed by atoms with Crippen molar-refractivity contribution in [2.24, 2.45) is 11.7 Å². The van der Waals surface area contributed by atoms with Gasteiger partial charge in [0.25, 0.3) is 0 Å². The second-order valence-electron chi connectivity index (χ2n) is 9.40. The largest absolute Gasteiger partial charge is 0.490 e. The minimum atomic E-state index is -0.410. The fraction of sp³-hybridized carbons (Fsp3) is 0.571. The van der Waals surface area contributed by atoms with E-state index in [2.05, 4.69) is 34.2 Å². The van der Waals surface area contributed by atoms with Gasteiger partial charge in [-0.3, -0.25) is 4.79 Å². The summed E-state index contributed by atoms with van der Waals surface area (Å²) in [5, 5.41) is 13.4. The summed E-state index contributed by atoms with van der Waals surface area (Å²) >= 11 is 3.68. The van der Waals surface area contributed by atoms with Gasteiger partial charge in [-0.05, 0) is 85.6 Å². The molecule has 0 bridgehead atoms. The monoisotopic (exact) mass is 543 g/mol. The molecular formula is C28H38BrN3O3. The molecule has 2 atom stereocenters. The maximum atomic E-state index is 13.4. The number of ether oxygens (including phenoxy) is 2. The Morgan fingerprint density at radius 1 is 1.17 bits per heavy atom. The molecule has 1 heterocycles. The number of allylic oxidation sites excluding steroid dienone is 4. The summed E-state index contributed by atoms with van der Waals surface area (Å²) in [7, 11) is 0. The van der Waals surface area contributed by atoms with Crippen molar-refractivity contribution < 1.29 is 14.3 Å². The molecule has 1 aromatic carbocycles. The van der Waals surface area contributed by atoms with E-state index >= 15 is 0 Å². The highest BCUT2D eigenvalue weighted by Crippen LogP contribution is 2.47. The number of halogens is 1. The van der Waals surface area contributed by atoms with Crippen molar-refractivity contribution in [1.82, 2.24) is 5.32 Å². The number of rotatable bonds is 12. The van der Waals surface area contributed by atoms with Gasteiger partial charge in [0.15, 0.2) is 17.3 Å². The fourth-order valence-corrected chi connectivity index (χ4v) is 5.72. The Kier molecular flexibility index (Phi) is 10.2. The minimum absolute atomic E-state index is 0.134. The highest BCUT2D eigenvalue weighted by atomic mass is 79.9. The van der Waals surface area contributed by atoms with E-state index in [-0.39, 0.29) is 5.78 Å². The standard InChI is InChI=1S/C28H38BrN3O3/c1-4-10-19-13-23-27(24(33)14-19)26(21(17-31)18(3)32-23)20-15-22(29)28(25(16-20)34-5-2)35-12-9-7-6-8-11-30/h15-16,19,26,32H,4-14,30H2,1-3H3. The Labute approximate surface area is 218 Å². The van der Waals surface area contributed by atoms with Gasteiger partial charge in [0.1, 0.15) is 0 Å². The number of ketones is 1. The predicted octanol–water partition coefficient (Wildman–Crippen LogP) is 6.26. The Bertz CT molecular complexity index is 1030. The van der Waals surface area contributed by atoms with E-state index in [1.54, 1.807) is 0 Å². The van der Waals surface area contributed by atoms with Crippen LogP contribution in [-0.4, -0.2) is 25.5 Å². The van der Waals surface area contributed by atoms with E-state index < -0.39 is 5.92 Å². The number of hydrogen-bond acceptors (Lipinski definition) is 6. The van der Waals surface area contributed by atoms with Gasteiger partial charge >= 0.3 is 0 Å². The zero-order valence-corrected chi connectivity index (χ0v) is 22.8. The minimum Gasteiger partial charge on any atom is -0.490 e. The summed E-state index contributed by atoms with van der Waals surface area (Å²) in [5.74, 6) is 1.36. The molecule has 0 aromatic heterocycles. The summed E-state index contributed by atoms with van der Waals surface area (Å²) in [5.41, 5.74) is 9.52. The van der Waals surface area contributed by atoms with Crippen molar-refractivity contribution in [3.05, 3.63) is 44.7 Å². The zero-order chi connectivity index (χ0) is 25.4. The van der Waals surface area contributed by atoms with Gasteiger partial charge in [-0.1, -0.05) is 26.2 Å². The normalized spacial score (nSPS) is 19.8. The lowest BCUT2D eigenvalue weighted by Crippen LogP contribution is -2.34. The predicted molar refractivity (Wildman–Crippen MR) is 142 cm³/mol. The highest BCUT2D eigenvalue weighted by Gasteiger charge is 2.39. The molecule has 0 saturated heterocycles. The number of hydrogen-bond donors (Lipinski definition) is 2. The Morgan fingerprint density at radius 2 is 1.94 bits per heavy atom. The first-order valence-electron chi connectivity index (χ1n) is 12.9. The summed E-state index contributed by atoms with van der Waals surface area (Å²) in [6.07, 6.45) is 7.60. The second-order valence-corrected chi connectivity index (χ2v) is 10.3. The van der Waals surface area contributed by atoms with Crippen LogP contribution < -0.4 is 20.5 Å². The lowest BCUT2D eigenvalue weighted by molar-refractivity contribution is -0.117. The first-order chi connectivity index (χ1) is 16.9. The summed E-state index contributed by atoms with van der Waals surface area (Å²) < 4.78 is 12.8. The van der Waals surface area contributed by atoms with Gasteiger partial charge in [0.2, 0.25) is 0 Å². The van der Waals surface area contributed by atoms with E-state index in [9.17, 15) is 10.1 Å². The van der Waals surface area contributed by atoms with Gasteiger partial charge in [0, 0.05) is 23.4 Å². The third kappa shape index (κ3) is 6.48. The molecule has 0 radical (unpaired) electrons. The number of carbonyl (C=O) groups is 1. The molecule has 1 aliphatic heterocycles. The van der Waals surface area contributed by atoms with E-state index in [4.69, 9.17) is 15.2 Å². The molecular weight excluding hydrogens is 506 g/mol. The molecule has 0 amide bonds. The maximum absolute atomic E-state index is 13.4. The molecule has 7 heteroatoms. The highest BCUT2D eigenvalue weighted by molar-refractivity contribution is 9.10. The van der Waals surface area contributed by atoms with Crippen LogP contribution in [0.5, 0.6) is 11.5 Å². The molecule has 0 saturated carbocycles. The topological polar surface area (TPSA) is 97.4 Å². The van der Waals surface area contributed by atoms with E-state index in [1.807, 2.05) is 26.0 Å². The average Bonchev–Trinajstić information content (AvgIpc) is 2.82. The fourth-order valence-electron chi connectivity index (χ4n) is 5.15. The Balaban J connectivity index is 1.95. The van der Waals surface area contributed by atoms with Crippen molar-refractivity contribution in [2.45, 2.75) is 78.1 Å². The van der Waals surface area contributed by atoms with Crippen molar-refractivity contribution in [1.29, 1.82) is 5.26 Å². The molecule has 2 unspecified atom stereocenters. The number of nitrogens with one attached hydrogen (secondary N) is 1. The van der Waals surface area contributed by atoms with E-state index in [1.165, 1.54) is 0 Å². The van der Waals surface area contributed by atoms with Crippen LogP contribution in [0.25, 0.3) is 0 Å². The van der Waals surface area contributed by atoms with Crippen LogP contribution in [0.2, 0.25) is 0 Å². The Hall–Kier alpha value is -2.30. The van der Waals surface area contributed by atoms with Crippen LogP contribution in [0.1, 0.15) is 83.6 Å². The van der Waals surface area contributed by atoms with Crippen molar-refractivity contribution >= 4 is 21.7 Å². The van der Waals surface area contributed by atoms with Gasteiger partial charge in [-0.2, -0.15) is 5.26 Å². The number of unbranched alkanes of at least 4 members (excludes halogenated alkanes) is 3. The van der Waals surface area contributed by atoms with Crippen LogP contribution in [-0.2, 0) is 4.79 Å². The molecule has 6 nitrogen and oxygen atoms in total. The summed E-state index contributed by atoms with van der Waals surface area (Å²) in [6, 6.07) is 6.29. The summed E-state index contributed by atoms with van der Waals surface area (Å²) in [6.45, 7) is 7.81. The number of nitriles is 1. The molecule has 0 fully saturated rings. The number of carbonyl (C=O) groups excluding carboxylic acids is 1.